The second-order valence-corrected chi connectivity index (χ2v) is 7.82. The molecule has 0 radical (unpaired) electrons. The van der Waals surface area contributed by atoms with Crippen LogP contribution in [0.4, 0.5) is 0 Å². The van der Waals surface area contributed by atoms with Gasteiger partial charge in [-0.05, 0) is 60.8 Å². The van der Waals surface area contributed by atoms with Crippen LogP contribution in [0, 0.1) is 17.3 Å². The van der Waals surface area contributed by atoms with Gasteiger partial charge in [-0.25, -0.2) is 0 Å². The van der Waals surface area contributed by atoms with Crippen molar-refractivity contribution in [3.63, 3.8) is 0 Å². The minimum Gasteiger partial charge on any atom is -0.316 e. The summed E-state index contributed by atoms with van der Waals surface area (Å²) in [5, 5.41) is 4.49. The molecule has 2 fully saturated rings. The van der Waals surface area contributed by atoms with Gasteiger partial charge in [0.1, 0.15) is 0 Å². The first-order valence-corrected chi connectivity index (χ1v) is 8.97. The average Bonchev–Trinajstić information content (AvgIpc) is 2.49. The standard InChI is InChI=1S/C19H28ClN/c1-14(2)17-5-3-4-10-19(17)11-12-21-13-18(19)15-6-8-16(20)9-7-15/h6-9,14,17-18,21H,3-5,10-13H2,1-2H3. The second-order valence-electron chi connectivity index (χ2n) is 7.39. The fourth-order valence-corrected chi connectivity index (χ4v) is 5.25. The first-order chi connectivity index (χ1) is 10.1. The van der Waals surface area contributed by atoms with Crippen LogP contribution in [-0.4, -0.2) is 13.1 Å². The zero-order valence-electron chi connectivity index (χ0n) is 13.4. The van der Waals surface area contributed by atoms with Gasteiger partial charge in [0, 0.05) is 17.5 Å². The molecule has 1 aromatic carbocycles. The molecule has 0 aromatic heterocycles. The van der Waals surface area contributed by atoms with Crippen molar-refractivity contribution in [2.24, 2.45) is 17.3 Å². The molecule has 1 saturated heterocycles. The molecular weight excluding hydrogens is 278 g/mol. The van der Waals surface area contributed by atoms with Gasteiger partial charge in [-0.15, -0.1) is 0 Å². The molecule has 0 bridgehead atoms. The maximum Gasteiger partial charge on any atom is 0.0406 e. The predicted molar refractivity (Wildman–Crippen MR) is 90.9 cm³/mol. The number of hydrogen-bond acceptors (Lipinski definition) is 1. The van der Waals surface area contributed by atoms with Crippen molar-refractivity contribution in [3.8, 4) is 0 Å². The molecule has 3 unspecified atom stereocenters. The van der Waals surface area contributed by atoms with Crippen LogP contribution in [0.25, 0.3) is 0 Å². The lowest BCUT2D eigenvalue weighted by Crippen LogP contribution is -2.50. The molecule has 1 heterocycles. The number of piperidine rings is 1. The molecule has 1 nitrogen and oxygen atoms in total. The van der Waals surface area contributed by atoms with E-state index in [0.717, 1.165) is 23.4 Å². The van der Waals surface area contributed by atoms with Crippen molar-refractivity contribution in [1.29, 1.82) is 0 Å². The van der Waals surface area contributed by atoms with Crippen LogP contribution in [0.1, 0.15) is 57.4 Å². The van der Waals surface area contributed by atoms with E-state index in [-0.39, 0.29) is 0 Å². The minimum absolute atomic E-state index is 0.505. The number of benzene rings is 1. The molecule has 1 aromatic rings. The molecule has 1 aliphatic carbocycles. The summed E-state index contributed by atoms with van der Waals surface area (Å²) in [5.41, 5.74) is 1.99. The first-order valence-electron chi connectivity index (χ1n) is 8.60. The monoisotopic (exact) mass is 305 g/mol. The highest BCUT2D eigenvalue weighted by Gasteiger charge is 2.48. The van der Waals surface area contributed by atoms with Gasteiger partial charge in [-0.1, -0.05) is 50.4 Å². The highest BCUT2D eigenvalue weighted by atomic mass is 35.5. The van der Waals surface area contributed by atoms with Crippen molar-refractivity contribution in [2.45, 2.75) is 51.9 Å². The fraction of sp³-hybridized carbons (Fsp3) is 0.684. The van der Waals surface area contributed by atoms with E-state index in [1.54, 1.807) is 0 Å². The van der Waals surface area contributed by atoms with Gasteiger partial charge in [-0.2, -0.15) is 0 Å². The van der Waals surface area contributed by atoms with E-state index >= 15 is 0 Å². The molecule has 2 heteroatoms. The highest BCUT2D eigenvalue weighted by Crippen LogP contribution is 2.56. The Kier molecular flexibility index (Phi) is 4.61. The van der Waals surface area contributed by atoms with Crippen LogP contribution in [0.15, 0.2) is 24.3 Å². The van der Waals surface area contributed by atoms with Gasteiger partial charge < -0.3 is 5.32 Å². The van der Waals surface area contributed by atoms with Crippen molar-refractivity contribution in [3.05, 3.63) is 34.9 Å². The Labute approximate surface area is 134 Å². The molecule has 2 aliphatic rings. The van der Waals surface area contributed by atoms with E-state index in [0.29, 0.717) is 11.3 Å². The van der Waals surface area contributed by atoms with Crippen molar-refractivity contribution in [2.75, 3.05) is 13.1 Å². The van der Waals surface area contributed by atoms with Gasteiger partial charge in [-0.3, -0.25) is 0 Å². The molecule has 1 saturated carbocycles. The summed E-state index contributed by atoms with van der Waals surface area (Å²) in [6, 6.07) is 8.64. The van der Waals surface area contributed by atoms with Gasteiger partial charge in [0.05, 0.1) is 0 Å². The normalized spacial score (nSPS) is 33.5. The summed E-state index contributed by atoms with van der Waals surface area (Å²) in [7, 11) is 0. The Morgan fingerprint density at radius 1 is 1.14 bits per heavy atom. The zero-order chi connectivity index (χ0) is 14.9. The number of nitrogens with one attached hydrogen (secondary N) is 1. The summed E-state index contributed by atoms with van der Waals surface area (Å²) in [5.74, 6) is 2.31. The van der Waals surface area contributed by atoms with Crippen molar-refractivity contribution in [1.82, 2.24) is 5.32 Å². The largest absolute Gasteiger partial charge is 0.316 e. The molecule has 3 rings (SSSR count). The molecule has 1 aliphatic heterocycles. The highest BCUT2D eigenvalue weighted by molar-refractivity contribution is 6.30. The number of rotatable bonds is 2. The SMILES string of the molecule is CC(C)C1CCCCC12CCNCC2c1ccc(Cl)cc1. The third-order valence-corrected chi connectivity index (χ3v) is 6.28. The summed E-state index contributed by atoms with van der Waals surface area (Å²) < 4.78 is 0. The quantitative estimate of drug-likeness (QED) is 0.787. The molecule has 21 heavy (non-hydrogen) atoms. The molecule has 1 spiro atoms. The Balaban J connectivity index is 1.97. The Morgan fingerprint density at radius 2 is 1.90 bits per heavy atom. The van der Waals surface area contributed by atoms with Gasteiger partial charge in [0.15, 0.2) is 0 Å². The van der Waals surface area contributed by atoms with Crippen LogP contribution < -0.4 is 5.32 Å². The smallest absolute Gasteiger partial charge is 0.0406 e. The Bertz CT molecular complexity index is 461. The van der Waals surface area contributed by atoms with Gasteiger partial charge in [0.25, 0.3) is 0 Å². The lowest BCUT2D eigenvalue weighted by atomic mass is 9.53. The molecular formula is C19H28ClN. The van der Waals surface area contributed by atoms with Crippen LogP contribution in [0.2, 0.25) is 5.02 Å². The predicted octanol–water partition coefficient (Wildman–Crippen LogP) is 5.25. The van der Waals surface area contributed by atoms with Crippen LogP contribution in [-0.2, 0) is 0 Å². The number of halogens is 1. The van der Waals surface area contributed by atoms with E-state index < -0.39 is 0 Å². The maximum absolute atomic E-state index is 6.09. The van der Waals surface area contributed by atoms with Gasteiger partial charge in [0.2, 0.25) is 0 Å². The number of hydrogen-bond donors (Lipinski definition) is 1. The van der Waals surface area contributed by atoms with E-state index in [1.807, 2.05) is 0 Å². The summed E-state index contributed by atoms with van der Waals surface area (Å²) >= 11 is 6.09. The van der Waals surface area contributed by atoms with E-state index in [9.17, 15) is 0 Å². The molecule has 3 atom stereocenters. The van der Waals surface area contributed by atoms with E-state index in [1.165, 1.54) is 44.2 Å². The van der Waals surface area contributed by atoms with Crippen LogP contribution >= 0.6 is 11.6 Å². The minimum atomic E-state index is 0.505. The Hall–Kier alpha value is -0.530. The van der Waals surface area contributed by atoms with Crippen molar-refractivity contribution < 1.29 is 0 Å². The summed E-state index contributed by atoms with van der Waals surface area (Å²) in [6.07, 6.45) is 6.99. The lowest BCUT2D eigenvalue weighted by molar-refractivity contribution is 0.00526. The molecule has 0 amide bonds. The maximum atomic E-state index is 6.09. The third kappa shape index (κ3) is 2.87. The molecule has 116 valence electrons. The lowest BCUT2D eigenvalue weighted by Gasteiger charge is -2.54. The van der Waals surface area contributed by atoms with Gasteiger partial charge >= 0.3 is 0 Å². The average molecular weight is 306 g/mol. The van der Waals surface area contributed by atoms with Crippen LogP contribution in [0.3, 0.4) is 0 Å². The van der Waals surface area contributed by atoms with E-state index in [2.05, 4.69) is 43.4 Å². The van der Waals surface area contributed by atoms with Crippen molar-refractivity contribution >= 4 is 11.6 Å². The third-order valence-electron chi connectivity index (χ3n) is 6.03. The molecule has 1 N–H and O–H groups in total. The second kappa shape index (κ2) is 6.30. The fourth-order valence-electron chi connectivity index (χ4n) is 5.12. The van der Waals surface area contributed by atoms with E-state index in [4.69, 9.17) is 11.6 Å². The summed E-state index contributed by atoms with van der Waals surface area (Å²) in [6.45, 7) is 7.18. The first kappa shape index (κ1) is 15.4. The topological polar surface area (TPSA) is 12.0 Å². The zero-order valence-corrected chi connectivity index (χ0v) is 14.1. The van der Waals surface area contributed by atoms with Crippen LogP contribution in [0.5, 0.6) is 0 Å². The Morgan fingerprint density at radius 3 is 2.62 bits per heavy atom. The summed E-state index contributed by atoms with van der Waals surface area (Å²) in [4.78, 5) is 0.